The van der Waals surface area contributed by atoms with Crippen molar-refractivity contribution >= 4 is 13.2 Å². The quantitative estimate of drug-likeness (QED) is 0.792. The highest BCUT2D eigenvalue weighted by Gasteiger charge is 2.49. The third-order valence-corrected chi connectivity index (χ3v) is 3.84. The molecule has 0 amide bonds. The molecule has 20 heavy (non-hydrogen) atoms. The molecule has 0 aliphatic carbocycles. The Morgan fingerprint density at radius 2 is 1.85 bits per heavy atom. The highest BCUT2D eigenvalue weighted by Crippen LogP contribution is 2.36. The van der Waals surface area contributed by atoms with Crippen LogP contribution in [0.4, 0.5) is 0 Å². The van der Waals surface area contributed by atoms with Crippen molar-refractivity contribution in [3.63, 3.8) is 0 Å². The lowest BCUT2D eigenvalue weighted by Crippen LogP contribution is -2.41. The molecule has 0 atom stereocenters. The molecule has 1 fully saturated rings. The molecule has 0 saturated carbocycles. The maximum atomic E-state index is 5.91. The maximum Gasteiger partial charge on any atom is 0.487 e. The van der Waals surface area contributed by atoms with E-state index in [0.29, 0.717) is 6.61 Å². The van der Waals surface area contributed by atoms with Crippen LogP contribution >= 0.6 is 0 Å². The van der Waals surface area contributed by atoms with Gasteiger partial charge in [-0.15, -0.1) is 0 Å². The molecule has 2 heterocycles. The first-order valence-corrected chi connectivity index (χ1v) is 6.81. The molecule has 1 aliphatic heterocycles. The minimum absolute atomic E-state index is 0.307. The topological polar surface area (TPSA) is 40.6 Å². The van der Waals surface area contributed by atoms with Gasteiger partial charge in [-0.05, 0) is 44.9 Å². The molecule has 2 rings (SSSR count). The van der Waals surface area contributed by atoms with Gasteiger partial charge in [0, 0.05) is 19.5 Å². The Kier molecular flexibility index (Phi) is 4.32. The number of pyridine rings is 1. The van der Waals surface area contributed by atoms with Crippen molar-refractivity contribution < 1.29 is 14.0 Å². The highest BCUT2D eigenvalue weighted by atomic mass is 16.7. The van der Waals surface area contributed by atoms with Gasteiger partial charge in [0.25, 0.3) is 0 Å². The number of methoxy groups -OCH3 is 1. The molecule has 0 radical (unpaired) electrons. The number of rotatable bonds is 4. The van der Waals surface area contributed by atoms with Gasteiger partial charge in [-0.1, -0.05) is 12.1 Å². The van der Waals surface area contributed by atoms with Gasteiger partial charge in [0.1, 0.15) is 0 Å². The number of ether oxygens (including phenoxy) is 1. The Morgan fingerprint density at radius 3 is 2.45 bits per heavy atom. The van der Waals surface area contributed by atoms with E-state index in [-0.39, 0.29) is 18.3 Å². The van der Waals surface area contributed by atoms with Crippen molar-refractivity contribution in [1.29, 1.82) is 0 Å². The SMILES string of the molecule is COCc1cncc(/C=C/B2OC(C)(C)C(C)(C)O2)c1. The summed E-state index contributed by atoms with van der Waals surface area (Å²) in [6, 6.07) is 2.04. The number of aromatic nitrogens is 1. The lowest BCUT2D eigenvalue weighted by atomic mass is 9.89. The fourth-order valence-corrected chi connectivity index (χ4v) is 2.00. The third-order valence-electron chi connectivity index (χ3n) is 3.84. The summed E-state index contributed by atoms with van der Waals surface area (Å²) < 4.78 is 16.9. The van der Waals surface area contributed by atoms with E-state index >= 15 is 0 Å². The van der Waals surface area contributed by atoms with Crippen LogP contribution in [0.3, 0.4) is 0 Å². The van der Waals surface area contributed by atoms with Crippen LogP contribution in [0.2, 0.25) is 0 Å². The van der Waals surface area contributed by atoms with E-state index < -0.39 is 0 Å². The van der Waals surface area contributed by atoms with E-state index in [9.17, 15) is 0 Å². The van der Waals surface area contributed by atoms with Crippen LogP contribution in [-0.4, -0.2) is 30.4 Å². The van der Waals surface area contributed by atoms with Crippen LogP contribution in [0, 0.1) is 0 Å². The summed E-state index contributed by atoms with van der Waals surface area (Å²) in [6.45, 7) is 8.73. The molecule has 108 valence electrons. The van der Waals surface area contributed by atoms with Crippen LogP contribution < -0.4 is 0 Å². The van der Waals surface area contributed by atoms with Gasteiger partial charge < -0.3 is 14.0 Å². The molecule has 1 saturated heterocycles. The monoisotopic (exact) mass is 275 g/mol. The molecule has 1 aliphatic rings. The summed E-state index contributed by atoms with van der Waals surface area (Å²) >= 11 is 0. The fourth-order valence-electron chi connectivity index (χ4n) is 2.00. The summed E-state index contributed by atoms with van der Waals surface area (Å²) in [4.78, 5) is 4.19. The van der Waals surface area contributed by atoms with Crippen molar-refractivity contribution in [2.45, 2.75) is 45.5 Å². The van der Waals surface area contributed by atoms with Crippen LogP contribution in [0.15, 0.2) is 24.4 Å². The molecule has 0 unspecified atom stereocenters. The third kappa shape index (κ3) is 3.29. The van der Waals surface area contributed by atoms with Gasteiger partial charge in [-0.3, -0.25) is 4.98 Å². The summed E-state index contributed by atoms with van der Waals surface area (Å²) in [5.74, 6) is 1.92. The molecular formula is C15H22BNO3. The first kappa shape index (κ1) is 15.2. The average molecular weight is 275 g/mol. The predicted octanol–water partition coefficient (Wildman–Crippen LogP) is 2.87. The standard InChI is InChI=1S/C15H22BNO3/c1-14(2)15(3,4)20-16(19-14)7-6-12-8-13(11-18-5)10-17-9-12/h6-10H,11H2,1-5H3/b7-6+. The molecule has 0 spiro atoms. The van der Waals surface area contributed by atoms with Gasteiger partial charge in [-0.2, -0.15) is 0 Å². The van der Waals surface area contributed by atoms with E-state index in [1.807, 2.05) is 45.8 Å². The summed E-state index contributed by atoms with van der Waals surface area (Å²) in [5.41, 5.74) is 1.44. The maximum absolute atomic E-state index is 5.91. The lowest BCUT2D eigenvalue weighted by Gasteiger charge is -2.32. The second kappa shape index (κ2) is 5.68. The molecule has 0 aromatic carbocycles. The highest BCUT2D eigenvalue weighted by molar-refractivity contribution is 6.52. The van der Waals surface area contributed by atoms with E-state index in [4.69, 9.17) is 14.0 Å². The van der Waals surface area contributed by atoms with Crippen molar-refractivity contribution in [3.8, 4) is 0 Å². The number of nitrogens with zero attached hydrogens (tertiary/aromatic N) is 1. The first-order chi connectivity index (χ1) is 9.34. The largest absolute Gasteiger partial charge is 0.487 e. The van der Waals surface area contributed by atoms with Crippen molar-refractivity contribution in [1.82, 2.24) is 4.98 Å². The fraction of sp³-hybridized carbons (Fsp3) is 0.533. The smallest absolute Gasteiger partial charge is 0.400 e. The van der Waals surface area contributed by atoms with E-state index in [0.717, 1.165) is 11.1 Å². The Bertz CT molecular complexity index is 484. The van der Waals surface area contributed by atoms with Crippen molar-refractivity contribution in [2.24, 2.45) is 0 Å². The number of hydrogen-bond acceptors (Lipinski definition) is 4. The van der Waals surface area contributed by atoms with Crippen molar-refractivity contribution in [2.75, 3.05) is 7.11 Å². The molecule has 0 N–H and O–H groups in total. The van der Waals surface area contributed by atoms with E-state index in [2.05, 4.69) is 4.98 Å². The van der Waals surface area contributed by atoms with E-state index in [1.165, 1.54) is 0 Å². The molecule has 5 heteroatoms. The predicted molar refractivity (Wildman–Crippen MR) is 80.1 cm³/mol. The Hall–Kier alpha value is -1.17. The summed E-state index contributed by atoms with van der Waals surface area (Å²) in [5, 5.41) is 0. The zero-order chi connectivity index (χ0) is 14.8. The second-order valence-electron chi connectivity index (χ2n) is 6.04. The molecule has 1 aromatic rings. The second-order valence-corrected chi connectivity index (χ2v) is 6.04. The van der Waals surface area contributed by atoms with Gasteiger partial charge in [0.15, 0.2) is 0 Å². The van der Waals surface area contributed by atoms with Crippen LogP contribution in [0.5, 0.6) is 0 Å². The van der Waals surface area contributed by atoms with Crippen LogP contribution in [-0.2, 0) is 20.7 Å². The molecule has 4 nitrogen and oxygen atoms in total. The van der Waals surface area contributed by atoms with Gasteiger partial charge in [0.2, 0.25) is 0 Å². The van der Waals surface area contributed by atoms with Crippen LogP contribution in [0.1, 0.15) is 38.8 Å². The van der Waals surface area contributed by atoms with Gasteiger partial charge in [0.05, 0.1) is 17.8 Å². The Morgan fingerprint density at radius 1 is 1.20 bits per heavy atom. The molecular weight excluding hydrogens is 253 g/mol. The van der Waals surface area contributed by atoms with Gasteiger partial charge in [-0.25, -0.2) is 0 Å². The Balaban J connectivity index is 2.06. The molecule has 1 aromatic heterocycles. The number of hydrogen-bond donors (Lipinski definition) is 0. The Labute approximate surface area is 121 Å². The minimum atomic E-state index is -0.328. The van der Waals surface area contributed by atoms with Crippen LogP contribution in [0.25, 0.3) is 6.08 Å². The summed E-state index contributed by atoms with van der Waals surface area (Å²) in [7, 11) is 1.35. The normalized spacial score (nSPS) is 20.8. The van der Waals surface area contributed by atoms with E-state index in [1.54, 1.807) is 19.5 Å². The lowest BCUT2D eigenvalue weighted by molar-refractivity contribution is 0.00578. The summed E-state index contributed by atoms with van der Waals surface area (Å²) in [6.07, 6.45) is 5.57. The molecule has 0 bridgehead atoms. The van der Waals surface area contributed by atoms with Crippen molar-refractivity contribution in [3.05, 3.63) is 35.6 Å². The minimum Gasteiger partial charge on any atom is -0.400 e. The zero-order valence-electron chi connectivity index (χ0n) is 12.8. The van der Waals surface area contributed by atoms with Gasteiger partial charge >= 0.3 is 7.12 Å². The average Bonchev–Trinajstić information content (AvgIpc) is 2.56. The zero-order valence-corrected chi connectivity index (χ0v) is 12.8. The first-order valence-electron chi connectivity index (χ1n) is 6.81.